The van der Waals surface area contributed by atoms with E-state index in [9.17, 15) is 19.5 Å². The first-order valence-corrected chi connectivity index (χ1v) is 5.58. The molecule has 0 aromatic heterocycles. The molecule has 2 atom stereocenters. The van der Waals surface area contributed by atoms with E-state index in [1.165, 1.54) is 6.92 Å². The van der Waals surface area contributed by atoms with Crippen molar-refractivity contribution in [2.75, 3.05) is 0 Å². The minimum Gasteiger partial charge on any atom is -0.481 e. The Labute approximate surface area is 105 Å². The molecule has 0 radical (unpaired) electrons. The lowest BCUT2D eigenvalue weighted by Gasteiger charge is -2.30. The highest BCUT2D eigenvalue weighted by molar-refractivity contribution is 5.89. The normalized spacial score (nSPS) is 15.2. The molecule has 0 rings (SSSR count). The number of esters is 1. The molecule has 0 aliphatic heterocycles. The summed E-state index contributed by atoms with van der Waals surface area (Å²) in [5.41, 5.74) is -1.65. The summed E-state index contributed by atoms with van der Waals surface area (Å²) < 4.78 is 4.65. The van der Waals surface area contributed by atoms with E-state index in [1.807, 2.05) is 6.92 Å². The van der Waals surface area contributed by atoms with Crippen molar-refractivity contribution in [3.8, 4) is 0 Å². The Balaban J connectivity index is 5.22. The molecule has 0 saturated carbocycles. The Kier molecular flexibility index (Phi) is 6.08. The maximum Gasteiger partial charge on any atom is 0.346 e. The minimum atomic E-state index is -1.73. The predicted octanol–water partition coefficient (Wildman–Crippen LogP) is 1.45. The molecule has 0 aromatic carbocycles. The Hall–Kier alpha value is -1.85. The standard InChI is InChI=1S/C12H18O6/c1-4-6-7-12(3,11(16)17)9(10(14)15)18-8(13)5-2/h5,9H,2,4,6-7H2,1,3H3,(H,14,15)(H,16,17). The van der Waals surface area contributed by atoms with Crippen molar-refractivity contribution in [2.24, 2.45) is 5.41 Å². The van der Waals surface area contributed by atoms with Gasteiger partial charge in [0, 0.05) is 6.08 Å². The molecule has 0 heterocycles. The SMILES string of the molecule is C=CC(=O)OC(C(=O)O)C(C)(CCCC)C(=O)O. The number of hydrogen-bond acceptors (Lipinski definition) is 4. The van der Waals surface area contributed by atoms with Crippen LogP contribution in [0.5, 0.6) is 0 Å². The minimum absolute atomic E-state index is 0.111. The fraction of sp³-hybridized carbons (Fsp3) is 0.583. The predicted molar refractivity (Wildman–Crippen MR) is 63.0 cm³/mol. The van der Waals surface area contributed by atoms with Gasteiger partial charge in [-0.2, -0.15) is 0 Å². The molecule has 0 aromatic rings. The van der Waals surface area contributed by atoms with Crippen molar-refractivity contribution in [3.63, 3.8) is 0 Å². The highest BCUT2D eigenvalue weighted by Crippen LogP contribution is 2.31. The molecule has 0 aliphatic rings. The van der Waals surface area contributed by atoms with E-state index in [0.717, 1.165) is 6.08 Å². The van der Waals surface area contributed by atoms with Crippen LogP contribution in [0.25, 0.3) is 0 Å². The third-order valence-electron chi connectivity index (χ3n) is 2.74. The van der Waals surface area contributed by atoms with Gasteiger partial charge < -0.3 is 14.9 Å². The molecule has 102 valence electrons. The van der Waals surface area contributed by atoms with Crippen molar-refractivity contribution < 1.29 is 29.3 Å². The summed E-state index contributed by atoms with van der Waals surface area (Å²) >= 11 is 0. The van der Waals surface area contributed by atoms with Gasteiger partial charge in [0.15, 0.2) is 0 Å². The van der Waals surface area contributed by atoms with Crippen LogP contribution in [-0.4, -0.2) is 34.2 Å². The Morgan fingerprint density at radius 3 is 2.28 bits per heavy atom. The van der Waals surface area contributed by atoms with Gasteiger partial charge in [-0.25, -0.2) is 9.59 Å². The Morgan fingerprint density at radius 2 is 1.94 bits per heavy atom. The van der Waals surface area contributed by atoms with E-state index in [4.69, 9.17) is 5.11 Å². The van der Waals surface area contributed by atoms with Gasteiger partial charge in [0.05, 0.1) is 0 Å². The summed E-state index contributed by atoms with van der Waals surface area (Å²) in [7, 11) is 0. The average Bonchev–Trinajstić information content (AvgIpc) is 2.31. The molecule has 2 unspecified atom stereocenters. The lowest BCUT2D eigenvalue weighted by atomic mass is 9.79. The van der Waals surface area contributed by atoms with Gasteiger partial charge in [0.2, 0.25) is 6.10 Å². The highest BCUT2D eigenvalue weighted by atomic mass is 16.6. The molecule has 0 saturated heterocycles. The summed E-state index contributed by atoms with van der Waals surface area (Å²) in [6.45, 7) is 6.27. The molecule has 0 fully saturated rings. The zero-order chi connectivity index (χ0) is 14.3. The van der Waals surface area contributed by atoms with E-state index in [1.54, 1.807) is 0 Å². The fourth-order valence-electron chi connectivity index (χ4n) is 1.51. The second-order valence-electron chi connectivity index (χ2n) is 4.19. The maximum atomic E-state index is 11.3. The number of rotatable bonds is 8. The first-order valence-electron chi connectivity index (χ1n) is 5.58. The Bertz CT molecular complexity index is 348. The topological polar surface area (TPSA) is 101 Å². The van der Waals surface area contributed by atoms with Crippen LogP contribution in [0.4, 0.5) is 0 Å². The number of ether oxygens (including phenoxy) is 1. The first-order chi connectivity index (χ1) is 8.29. The van der Waals surface area contributed by atoms with Crippen molar-refractivity contribution in [2.45, 2.75) is 39.2 Å². The zero-order valence-corrected chi connectivity index (χ0v) is 10.5. The van der Waals surface area contributed by atoms with Crippen LogP contribution in [0, 0.1) is 5.41 Å². The van der Waals surface area contributed by atoms with Crippen molar-refractivity contribution in [1.82, 2.24) is 0 Å². The van der Waals surface area contributed by atoms with Crippen LogP contribution in [0.15, 0.2) is 12.7 Å². The van der Waals surface area contributed by atoms with Crippen LogP contribution in [0.2, 0.25) is 0 Å². The van der Waals surface area contributed by atoms with E-state index >= 15 is 0 Å². The molecule has 0 amide bonds. The van der Waals surface area contributed by atoms with Crippen LogP contribution in [0.3, 0.4) is 0 Å². The molecule has 0 aliphatic carbocycles. The van der Waals surface area contributed by atoms with Gasteiger partial charge in [-0.15, -0.1) is 0 Å². The van der Waals surface area contributed by atoms with Crippen LogP contribution in [-0.2, 0) is 19.1 Å². The number of carboxylic acids is 2. The quantitative estimate of drug-likeness (QED) is 0.504. The fourth-order valence-corrected chi connectivity index (χ4v) is 1.51. The van der Waals surface area contributed by atoms with Crippen molar-refractivity contribution >= 4 is 17.9 Å². The van der Waals surface area contributed by atoms with E-state index in [-0.39, 0.29) is 6.42 Å². The molecule has 0 bridgehead atoms. The number of carboxylic acid groups (broad SMARTS) is 2. The third kappa shape index (κ3) is 3.87. The smallest absolute Gasteiger partial charge is 0.346 e. The highest BCUT2D eigenvalue weighted by Gasteiger charge is 2.47. The number of unbranched alkanes of at least 4 members (excludes halogenated alkanes) is 1. The van der Waals surface area contributed by atoms with E-state index in [2.05, 4.69) is 11.3 Å². The van der Waals surface area contributed by atoms with Crippen LogP contribution in [0.1, 0.15) is 33.1 Å². The van der Waals surface area contributed by atoms with Gasteiger partial charge in [-0.05, 0) is 13.3 Å². The number of hydrogen-bond donors (Lipinski definition) is 2. The lowest BCUT2D eigenvalue weighted by Crippen LogP contribution is -2.47. The van der Waals surface area contributed by atoms with Gasteiger partial charge in [-0.1, -0.05) is 26.3 Å². The van der Waals surface area contributed by atoms with Gasteiger partial charge in [0.25, 0.3) is 0 Å². The summed E-state index contributed by atoms with van der Waals surface area (Å²) in [6, 6.07) is 0. The third-order valence-corrected chi connectivity index (χ3v) is 2.74. The van der Waals surface area contributed by atoms with E-state index in [0.29, 0.717) is 12.8 Å². The summed E-state index contributed by atoms with van der Waals surface area (Å²) in [5, 5.41) is 18.2. The number of carbonyl (C=O) groups excluding carboxylic acids is 1. The molecule has 6 nitrogen and oxygen atoms in total. The van der Waals surface area contributed by atoms with Gasteiger partial charge >= 0.3 is 17.9 Å². The molecule has 2 N–H and O–H groups in total. The molecule has 0 spiro atoms. The molecular weight excluding hydrogens is 240 g/mol. The van der Waals surface area contributed by atoms with Gasteiger partial charge in [-0.3, -0.25) is 4.79 Å². The van der Waals surface area contributed by atoms with Crippen LogP contribution >= 0.6 is 0 Å². The summed E-state index contributed by atoms with van der Waals surface area (Å²) in [4.78, 5) is 33.4. The van der Waals surface area contributed by atoms with Crippen molar-refractivity contribution in [1.29, 1.82) is 0 Å². The molecular formula is C12H18O6. The number of aliphatic carboxylic acids is 2. The lowest BCUT2D eigenvalue weighted by molar-refractivity contribution is -0.179. The van der Waals surface area contributed by atoms with Crippen LogP contribution < -0.4 is 0 Å². The summed E-state index contributed by atoms with van der Waals surface area (Å²) in [6.07, 6.45) is 0.424. The largest absolute Gasteiger partial charge is 0.481 e. The summed E-state index contributed by atoms with van der Waals surface area (Å²) in [5.74, 6) is -3.74. The first kappa shape index (κ1) is 16.1. The average molecular weight is 258 g/mol. The zero-order valence-electron chi connectivity index (χ0n) is 10.5. The maximum absolute atomic E-state index is 11.3. The molecule has 6 heteroatoms. The van der Waals surface area contributed by atoms with Crippen molar-refractivity contribution in [3.05, 3.63) is 12.7 Å². The molecule has 18 heavy (non-hydrogen) atoms. The second kappa shape index (κ2) is 6.78. The Morgan fingerprint density at radius 1 is 1.39 bits per heavy atom. The second-order valence-corrected chi connectivity index (χ2v) is 4.19. The number of carbonyl (C=O) groups is 3. The van der Waals surface area contributed by atoms with Gasteiger partial charge in [0.1, 0.15) is 5.41 Å². The van der Waals surface area contributed by atoms with E-state index < -0.39 is 29.4 Å². The monoisotopic (exact) mass is 258 g/mol.